The molecule has 0 saturated carbocycles. The summed E-state index contributed by atoms with van der Waals surface area (Å²) in [6, 6.07) is 0. The molecule has 1 aliphatic rings. The molecule has 2 aromatic heterocycles. The normalized spacial score (nSPS) is 28.2. The zero-order valence-electron chi connectivity index (χ0n) is 13.7. The number of nitrogens with zero attached hydrogens (tertiary/aromatic N) is 7. The average Bonchev–Trinajstić information content (AvgIpc) is 3.14. The van der Waals surface area contributed by atoms with Crippen molar-refractivity contribution < 1.29 is 24.1 Å². The van der Waals surface area contributed by atoms with Crippen LogP contribution in [0.1, 0.15) is 13.2 Å². The second kappa shape index (κ2) is 6.88. The molecule has 2 aromatic rings. The Hall–Kier alpha value is -2.73. The first-order chi connectivity index (χ1) is 12.5. The van der Waals surface area contributed by atoms with Crippen LogP contribution in [-0.4, -0.2) is 67.4 Å². The maximum atomic E-state index is 14.8. The molecule has 1 aliphatic heterocycles. The molecule has 0 spiro atoms. The summed E-state index contributed by atoms with van der Waals surface area (Å²) in [5.74, 6) is 0.0179. The second-order valence-electron chi connectivity index (χ2n) is 5.65. The van der Waals surface area contributed by atoms with Gasteiger partial charge in [-0.3, -0.25) is 4.57 Å². The monoisotopic (exact) mass is 368 g/mol. The largest absolute Gasteiger partial charge is 0.476 e. The highest BCUT2D eigenvalue weighted by Crippen LogP contribution is 2.40. The molecule has 0 aromatic carbocycles. The van der Waals surface area contributed by atoms with Crippen molar-refractivity contribution in [1.82, 2.24) is 19.5 Å². The highest BCUT2D eigenvalue weighted by atomic mass is 19.1. The molecule has 0 radical (unpaired) electrons. The molecular weight excluding hydrogens is 351 g/mol. The van der Waals surface area contributed by atoms with E-state index in [1.54, 1.807) is 6.92 Å². The lowest BCUT2D eigenvalue weighted by Crippen LogP contribution is -2.48. The SMILES string of the molecule is CCOc1nc(N)nc2c1ncn2[C@@H]1O[C@@](CO)(CN=[N+]=[N-])[C@@H](O)C1F. The summed E-state index contributed by atoms with van der Waals surface area (Å²) in [6.45, 7) is 0.854. The lowest BCUT2D eigenvalue weighted by Gasteiger charge is -2.27. The predicted octanol–water partition coefficient (Wildman–Crippen LogP) is 0.0764. The number of fused-ring (bicyclic) bond motifs is 1. The lowest BCUT2D eigenvalue weighted by molar-refractivity contribution is -0.120. The van der Waals surface area contributed by atoms with Gasteiger partial charge < -0.3 is 25.4 Å². The van der Waals surface area contributed by atoms with E-state index in [0.29, 0.717) is 6.61 Å². The van der Waals surface area contributed by atoms with Gasteiger partial charge in [-0.2, -0.15) is 9.97 Å². The van der Waals surface area contributed by atoms with Gasteiger partial charge in [0.15, 0.2) is 23.6 Å². The van der Waals surface area contributed by atoms with E-state index in [4.69, 9.17) is 20.7 Å². The molecule has 3 rings (SSSR count). The zero-order valence-corrected chi connectivity index (χ0v) is 13.7. The van der Waals surface area contributed by atoms with Gasteiger partial charge in [0.25, 0.3) is 0 Å². The summed E-state index contributed by atoms with van der Waals surface area (Å²) < 4.78 is 26.9. The third kappa shape index (κ3) is 2.76. The summed E-state index contributed by atoms with van der Waals surface area (Å²) >= 11 is 0. The van der Waals surface area contributed by atoms with Crippen molar-refractivity contribution >= 4 is 17.1 Å². The van der Waals surface area contributed by atoms with Crippen molar-refractivity contribution in [3.05, 3.63) is 16.8 Å². The molecule has 0 amide bonds. The molecule has 140 valence electrons. The first-order valence-electron chi connectivity index (χ1n) is 7.72. The molecule has 0 bridgehead atoms. The number of anilines is 1. The zero-order chi connectivity index (χ0) is 18.9. The van der Waals surface area contributed by atoms with Crippen LogP contribution < -0.4 is 10.5 Å². The van der Waals surface area contributed by atoms with Gasteiger partial charge in [0.2, 0.25) is 11.8 Å². The number of imidazole rings is 1. The molecule has 4 N–H and O–H groups in total. The van der Waals surface area contributed by atoms with Crippen molar-refractivity contribution in [2.45, 2.75) is 31.0 Å². The summed E-state index contributed by atoms with van der Waals surface area (Å²) in [7, 11) is 0. The third-order valence-corrected chi connectivity index (χ3v) is 4.10. The molecular formula is C13H17FN8O4. The molecule has 12 nitrogen and oxygen atoms in total. The van der Waals surface area contributed by atoms with E-state index in [1.165, 1.54) is 10.9 Å². The number of aliphatic hydroxyl groups is 2. The van der Waals surface area contributed by atoms with Crippen molar-refractivity contribution in [2.75, 3.05) is 25.5 Å². The number of halogens is 1. The van der Waals surface area contributed by atoms with Crippen molar-refractivity contribution in [2.24, 2.45) is 5.11 Å². The van der Waals surface area contributed by atoms with E-state index < -0.39 is 37.3 Å². The van der Waals surface area contributed by atoms with Crippen LogP contribution in [0.25, 0.3) is 21.6 Å². The summed E-state index contributed by atoms with van der Waals surface area (Å²) in [5, 5.41) is 23.1. The fourth-order valence-electron chi connectivity index (χ4n) is 2.82. The molecule has 0 aliphatic carbocycles. The van der Waals surface area contributed by atoms with Crippen molar-refractivity contribution in [3.8, 4) is 5.88 Å². The van der Waals surface area contributed by atoms with Crippen LogP contribution >= 0.6 is 0 Å². The molecule has 3 heterocycles. The molecule has 4 atom stereocenters. The number of hydrogen-bond donors (Lipinski definition) is 3. The van der Waals surface area contributed by atoms with Gasteiger partial charge in [-0.25, -0.2) is 9.37 Å². The van der Waals surface area contributed by atoms with Crippen LogP contribution in [0.15, 0.2) is 11.4 Å². The molecule has 13 heteroatoms. The minimum Gasteiger partial charge on any atom is -0.476 e. The van der Waals surface area contributed by atoms with E-state index in [-0.39, 0.29) is 23.0 Å². The van der Waals surface area contributed by atoms with E-state index in [1.807, 2.05) is 0 Å². The number of hydrogen-bond acceptors (Lipinski definition) is 9. The van der Waals surface area contributed by atoms with Gasteiger partial charge in [-0.1, -0.05) is 5.11 Å². The van der Waals surface area contributed by atoms with Crippen LogP contribution in [0.4, 0.5) is 10.3 Å². The minimum absolute atomic E-state index is 0.112. The van der Waals surface area contributed by atoms with Crippen LogP contribution in [0, 0.1) is 0 Å². The Morgan fingerprint density at radius 1 is 1.58 bits per heavy atom. The second-order valence-corrected chi connectivity index (χ2v) is 5.65. The fourth-order valence-corrected chi connectivity index (χ4v) is 2.82. The lowest BCUT2D eigenvalue weighted by atomic mass is 9.97. The number of alkyl halides is 1. The van der Waals surface area contributed by atoms with Gasteiger partial charge in [-0.15, -0.1) is 0 Å². The Balaban J connectivity index is 2.05. The summed E-state index contributed by atoms with van der Waals surface area (Å²) in [5.41, 5.74) is 12.7. The maximum Gasteiger partial charge on any atom is 0.247 e. The Morgan fingerprint density at radius 2 is 2.35 bits per heavy atom. The minimum atomic E-state index is -1.94. The highest BCUT2D eigenvalue weighted by molar-refractivity contribution is 5.77. The Bertz CT molecular complexity index is 856. The number of azide groups is 1. The smallest absolute Gasteiger partial charge is 0.247 e. The maximum absolute atomic E-state index is 14.8. The Labute approximate surface area is 146 Å². The van der Waals surface area contributed by atoms with Gasteiger partial charge >= 0.3 is 0 Å². The van der Waals surface area contributed by atoms with E-state index in [0.717, 1.165) is 0 Å². The van der Waals surface area contributed by atoms with E-state index >= 15 is 0 Å². The molecule has 1 saturated heterocycles. The van der Waals surface area contributed by atoms with Gasteiger partial charge in [0.05, 0.1) is 26.1 Å². The first-order valence-corrected chi connectivity index (χ1v) is 7.72. The Kier molecular flexibility index (Phi) is 4.78. The van der Waals surface area contributed by atoms with Crippen LogP contribution in [0.2, 0.25) is 0 Å². The number of aliphatic hydroxyl groups excluding tert-OH is 2. The van der Waals surface area contributed by atoms with Crippen molar-refractivity contribution in [3.63, 3.8) is 0 Å². The van der Waals surface area contributed by atoms with E-state index in [9.17, 15) is 14.6 Å². The number of ether oxygens (including phenoxy) is 2. The van der Waals surface area contributed by atoms with Crippen LogP contribution in [0.5, 0.6) is 5.88 Å². The standard InChI is InChI=1S/C13H17FN8O4/c1-2-25-10-7-9(19-12(15)20-10)22(5-17-7)11-6(14)8(24)13(4-23,26-11)3-18-21-16/h5-6,8,11,23-24H,2-4H2,1H3,(H2,15,19,20)/t6?,8-,11+,13+/m0/s1. The molecule has 26 heavy (non-hydrogen) atoms. The molecule has 1 unspecified atom stereocenters. The summed E-state index contributed by atoms with van der Waals surface area (Å²) in [6.07, 6.45) is -3.81. The van der Waals surface area contributed by atoms with Crippen molar-refractivity contribution in [1.29, 1.82) is 0 Å². The average molecular weight is 368 g/mol. The predicted molar refractivity (Wildman–Crippen MR) is 85.8 cm³/mol. The van der Waals surface area contributed by atoms with Gasteiger partial charge in [0, 0.05) is 4.91 Å². The van der Waals surface area contributed by atoms with Gasteiger partial charge in [-0.05, 0) is 12.5 Å². The van der Waals surface area contributed by atoms with Crippen LogP contribution in [0.3, 0.4) is 0 Å². The number of aromatic nitrogens is 4. The first kappa shape index (κ1) is 18.1. The topological polar surface area (TPSA) is 177 Å². The van der Waals surface area contributed by atoms with Gasteiger partial charge in [0.1, 0.15) is 11.7 Å². The fraction of sp³-hybridized carbons (Fsp3) is 0.615. The highest BCUT2D eigenvalue weighted by Gasteiger charge is 2.55. The molecule has 1 fully saturated rings. The number of nitrogens with two attached hydrogens (primary N) is 1. The van der Waals surface area contributed by atoms with E-state index in [2.05, 4.69) is 25.0 Å². The number of nitrogen functional groups attached to an aromatic ring is 1. The quantitative estimate of drug-likeness (QED) is 0.364. The third-order valence-electron chi connectivity index (χ3n) is 4.10. The van der Waals surface area contributed by atoms with Crippen LogP contribution in [-0.2, 0) is 4.74 Å². The number of rotatable bonds is 6. The summed E-state index contributed by atoms with van der Waals surface area (Å²) in [4.78, 5) is 14.6. The Morgan fingerprint density at radius 3 is 3.00 bits per heavy atom.